The molecule has 0 bridgehead atoms. The first-order valence-corrected chi connectivity index (χ1v) is 7.20. The number of halogens is 4. The largest absolute Gasteiger partial charge is 0.507 e. The molecule has 0 aromatic heterocycles. The number of carbonyl (C=O) groups excluding carboxylic acids is 1. The molecule has 104 valence electrons. The second-order valence-corrected chi connectivity index (χ2v) is 5.96. The van der Waals surface area contributed by atoms with Crippen molar-refractivity contribution in [1.29, 1.82) is 0 Å². The molecule has 0 aliphatic rings. The van der Waals surface area contributed by atoms with Crippen LogP contribution in [0, 0.1) is 15.2 Å². The molecule has 0 aliphatic heterocycles. The minimum atomic E-state index is -0.781. The van der Waals surface area contributed by atoms with Gasteiger partial charge >= 0.3 is 0 Å². The Hall–Kier alpha value is -1.22. The third-order valence-corrected chi connectivity index (χ3v) is 3.74. The number of hydrogen-bond acceptors (Lipinski definition) is 2. The Bertz CT molecular complexity index is 694. The Morgan fingerprint density at radius 1 is 1.20 bits per heavy atom. The Morgan fingerprint density at radius 2 is 1.90 bits per heavy atom. The van der Waals surface area contributed by atoms with Crippen LogP contribution in [-0.4, -0.2) is 11.0 Å². The number of hydrogen-bond donors (Lipinski definition) is 2. The van der Waals surface area contributed by atoms with E-state index >= 15 is 0 Å². The lowest BCUT2D eigenvalue weighted by atomic mass is 10.2. The molecule has 2 aromatic carbocycles. The van der Waals surface area contributed by atoms with Gasteiger partial charge in [0.05, 0.1) is 15.7 Å². The summed E-state index contributed by atoms with van der Waals surface area (Å²) in [6.07, 6.45) is 0. The van der Waals surface area contributed by atoms with Gasteiger partial charge in [-0.15, -0.1) is 0 Å². The summed E-state index contributed by atoms with van der Waals surface area (Å²) < 4.78 is 27.6. The molecule has 2 N–H and O–H groups in total. The molecule has 0 unspecified atom stereocenters. The first-order valence-electron chi connectivity index (χ1n) is 5.33. The van der Waals surface area contributed by atoms with E-state index in [1.807, 2.05) is 22.6 Å². The van der Waals surface area contributed by atoms with Gasteiger partial charge in [-0.1, -0.05) is 0 Å². The highest BCUT2D eigenvalue weighted by Gasteiger charge is 2.15. The molecule has 0 saturated heterocycles. The molecule has 0 spiro atoms. The van der Waals surface area contributed by atoms with Crippen LogP contribution in [0.15, 0.2) is 34.8 Å². The SMILES string of the molecule is O=C(Nc1cc(F)c(Br)cc1F)c1cc(I)ccc1O. The number of carbonyl (C=O) groups is 1. The van der Waals surface area contributed by atoms with E-state index in [1.54, 1.807) is 6.07 Å². The van der Waals surface area contributed by atoms with Crippen molar-refractivity contribution >= 4 is 50.1 Å². The van der Waals surface area contributed by atoms with Gasteiger partial charge in [0.15, 0.2) is 0 Å². The first-order chi connectivity index (χ1) is 9.38. The predicted octanol–water partition coefficient (Wildman–Crippen LogP) is 4.29. The lowest BCUT2D eigenvalue weighted by molar-refractivity contribution is 0.102. The molecular formula is C13H7BrF2INO2. The van der Waals surface area contributed by atoms with Crippen LogP contribution in [0.1, 0.15) is 10.4 Å². The maximum absolute atomic E-state index is 13.6. The molecule has 0 aliphatic carbocycles. The number of benzene rings is 2. The average Bonchev–Trinajstić information content (AvgIpc) is 2.38. The smallest absolute Gasteiger partial charge is 0.259 e. The zero-order valence-corrected chi connectivity index (χ0v) is 13.5. The van der Waals surface area contributed by atoms with Crippen molar-refractivity contribution in [2.75, 3.05) is 5.32 Å². The maximum Gasteiger partial charge on any atom is 0.259 e. The molecule has 0 radical (unpaired) electrons. The lowest BCUT2D eigenvalue weighted by Crippen LogP contribution is -2.13. The van der Waals surface area contributed by atoms with Crippen molar-refractivity contribution in [3.8, 4) is 5.75 Å². The van der Waals surface area contributed by atoms with Crippen LogP contribution >= 0.6 is 38.5 Å². The molecule has 2 aromatic rings. The third kappa shape index (κ3) is 3.26. The standard InChI is InChI=1S/C13H7BrF2INO2/c14-8-4-10(16)11(5-9(8)15)18-13(20)7-3-6(17)1-2-12(7)19/h1-5,19H,(H,18,20). The van der Waals surface area contributed by atoms with E-state index in [2.05, 4.69) is 21.2 Å². The zero-order valence-electron chi connectivity index (χ0n) is 9.75. The summed E-state index contributed by atoms with van der Waals surface area (Å²) in [5, 5.41) is 11.8. The number of phenols is 1. The second kappa shape index (κ2) is 6.04. The van der Waals surface area contributed by atoms with E-state index in [0.29, 0.717) is 0 Å². The molecule has 7 heteroatoms. The highest BCUT2D eigenvalue weighted by molar-refractivity contribution is 14.1. The van der Waals surface area contributed by atoms with E-state index in [0.717, 1.165) is 15.7 Å². The fourth-order valence-corrected chi connectivity index (χ4v) is 2.30. The molecule has 2 rings (SSSR count). The molecular weight excluding hydrogens is 447 g/mol. The van der Waals surface area contributed by atoms with Gasteiger partial charge in [-0.25, -0.2) is 8.78 Å². The topological polar surface area (TPSA) is 49.3 Å². The summed E-state index contributed by atoms with van der Waals surface area (Å²) in [7, 11) is 0. The average molecular weight is 454 g/mol. The Labute approximate surface area is 135 Å². The van der Waals surface area contributed by atoms with Crippen molar-refractivity contribution in [3.05, 3.63) is 55.6 Å². The number of rotatable bonds is 2. The van der Waals surface area contributed by atoms with Gasteiger partial charge in [-0.3, -0.25) is 4.79 Å². The van der Waals surface area contributed by atoms with E-state index < -0.39 is 17.5 Å². The number of anilines is 1. The fourth-order valence-electron chi connectivity index (χ4n) is 1.50. The van der Waals surface area contributed by atoms with Gasteiger partial charge in [0.2, 0.25) is 0 Å². The van der Waals surface area contributed by atoms with Crippen LogP contribution < -0.4 is 5.32 Å². The predicted molar refractivity (Wildman–Crippen MR) is 82.8 cm³/mol. The normalized spacial score (nSPS) is 10.4. The summed E-state index contributed by atoms with van der Waals surface area (Å²) in [4.78, 5) is 12.0. The van der Waals surface area contributed by atoms with E-state index in [4.69, 9.17) is 0 Å². The Morgan fingerprint density at radius 3 is 2.60 bits per heavy atom. The van der Waals surface area contributed by atoms with Crippen molar-refractivity contribution in [3.63, 3.8) is 0 Å². The number of aromatic hydroxyl groups is 1. The van der Waals surface area contributed by atoms with Crippen molar-refractivity contribution < 1.29 is 18.7 Å². The van der Waals surface area contributed by atoms with Crippen molar-refractivity contribution in [2.45, 2.75) is 0 Å². The highest BCUT2D eigenvalue weighted by atomic mass is 127. The third-order valence-electron chi connectivity index (χ3n) is 2.46. The van der Waals surface area contributed by atoms with Crippen molar-refractivity contribution in [1.82, 2.24) is 0 Å². The van der Waals surface area contributed by atoms with Crippen LogP contribution in [0.2, 0.25) is 0 Å². The van der Waals surface area contributed by atoms with Crippen LogP contribution in [0.5, 0.6) is 5.75 Å². The van der Waals surface area contributed by atoms with Crippen molar-refractivity contribution in [2.24, 2.45) is 0 Å². The van der Waals surface area contributed by atoms with Gasteiger partial charge in [0.25, 0.3) is 5.91 Å². The molecule has 0 fully saturated rings. The van der Waals surface area contributed by atoms with Gasteiger partial charge in [0, 0.05) is 9.64 Å². The summed E-state index contributed by atoms with van der Waals surface area (Å²) >= 11 is 4.82. The lowest BCUT2D eigenvalue weighted by Gasteiger charge is -2.09. The first kappa shape index (κ1) is 15.2. The van der Waals surface area contributed by atoms with Gasteiger partial charge < -0.3 is 10.4 Å². The van der Waals surface area contributed by atoms with Crippen LogP contribution in [0.3, 0.4) is 0 Å². The minimum Gasteiger partial charge on any atom is -0.507 e. The Balaban J connectivity index is 2.32. The van der Waals surface area contributed by atoms with E-state index in [9.17, 15) is 18.7 Å². The van der Waals surface area contributed by atoms with Crippen LogP contribution in [0.25, 0.3) is 0 Å². The molecule has 0 saturated carbocycles. The monoisotopic (exact) mass is 453 g/mol. The summed E-state index contributed by atoms with van der Waals surface area (Å²) in [5.41, 5.74) is -0.311. The number of nitrogens with one attached hydrogen (secondary N) is 1. The molecule has 0 heterocycles. The van der Waals surface area contributed by atoms with E-state index in [-0.39, 0.29) is 21.5 Å². The molecule has 1 amide bonds. The number of amides is 1. The molecule has 20 heavy (non-hydrogen) atoms. The highest BCUT2D eigenvalue weighted by Crippen LogP contribution is 2.25. The van der Waals surface area contributed by atoms with Crippen LogP contribution in [0.4, 0.5) is 14.5 Å². The van der Waals surface area contributed by atoms with Gasteiger partial charge in [-0.05, 0) is 62.8 Å². The maximum atomic E-state index is 13.6. The summed E-state index contributed by atoms with van der Waals surface area (Å²) in [5.74, 6) is -2.44. The van der Waals surface area contributed by atoms with Gasteiger partial charge in [0.1, 0.15) is 17.4 Å². The van der Waals surface area contributed by atoms with E-state index in [1.165, 1.54) is 12.1 Å². The number of phenolic OH excluding ortho intramolecular Hbond substituents is 1. The minimum absolute atomic E-state index is 0.0142. The molecule has 3 nitrogen and oxygen atoms in total. The summed E-state index contributed by atoms with van der Waals surface area (Å²) in [6, 6.07) is 6.20. The van der Waals surface area contributed by atoms with Crippen LogP contribution in [-0.2, 0) is 0 Å². The van der Waals surface area contributed by atoms with Gasteiger partial charge in [-0.2, -0.15) is 0 Å². The second-order valence-electron chi connectivity index (χ2n) is 3.86. The fraction of sp³-hybridized carbons (Fsp3) is 0. The summed E-state index contributed by atoms with van der Waals surface area (Å²) in [6.45, 7) is 0. The molecule has 0 atom stereocenters. The Kier molecular flexibility index (Phi) is 4.59. The zero-order chi connectivity index (χ0) is 14.9. The quantitative estimate of drug-likeness (QED) is 0.526.